The molecule has 1 heterocycles. The van der Waals surface area contributed by atoms with Gasteiger partial charge in [-0.25, -0.2) is 0 Å². The number of fused-ring (bicyclic) bond motifs is 5. The molecule has 4 heteroatoms. The molecule has 0 saturated heterocycles. The number of para-hydroxylation sites is 5. The van der Waals surface area contributed by atoms with Crippen LogP contribution in [0.4, 0.5) is 34.1 Å². The maximum Gasteiger partial charge on any atom is 0.181 e. The van der Waals surface area contributed by atoms with Crippen LogP contribution >= 0.6 is 0 Å². The second-order valence-corrected chi connectivity index (χ2v) is 21.0. The van der Waals surface area contributed by atoms with E-state index in [-0.39, 0.29) is 0 Å². The Morgan fingerprint density at radius 1 is 0.415 bits per heavy atom. The summed E-state index contributed by atoms with van der Waals surface area (Å²) in [5.74, 6) is 1.18. The Morgan fingerprint density at radius 3 is 1.52 bits per heavy atom. The topological polar surface area (TPSA) is 11.4 Å². The Hall–Kier alpha value is -7.92. The van der Waals surface area contributed by atoms with E-state index in [0.29, 0.717) is 11.8 Å². The lowest BCUT2D eigenvalue weighted by Crippen LogP contribution is -2.75. The van der Waals surface area contributed by atoms with Crippen molar-refractivity contribution in [2.45, 2.75) is 12.3 Å². The van der Waals surface area contributed by atoms with Crippen molar-refractivity contribution in [2.24, 2.45) is 5.92 Å². The Balaban J connectivity index is 1.13. The van der Waals surface area contributed by atoms with Gasteiger partial charge in [-0.1, -0.05) is 182 Å². The molecule has 1 saturated carbocycles. The molecule has 0 radical (unpaired) electrons. The third-order valence-corrected chi connectivity index (χ3v) is 18.4. The summed E-state index contributed by atoms with van der Waals surface area (Å²) in [6.07, 6.45) is 6.04. The van der Waals surface area contributed by atoms with E-state index in [1.165, 1.54) is 55.0 Å². The molecule has 0 bridgehead atoms. The van der Waals surface area contributed by atoms with Crippen LogP contribution in [0.5, 0.6) is 0 Å². The standard InChI is InChI=1S/C61H47N3Si/c1-7-22-46(23-8-1)62(47-24-9-2-10-25-47)50-30-21-35-54(43-50)65(52-31-15-5-16-32-52,53-33-17-6-18-34-53)60-37-20-19-36-58(60)63(48-26-11-3-12-27-48)51-39-41-55-56-40-38-45-42-57(45)61(56)64(59(55)44-51)49-28-13-4-14-29-49/h1-41,43-45,57H,42H2. The molecule has 0 N–H and O–H groups in total. The molecule has 2 unspecified atom stereocenters. The average Bonchev–Trinajstić information content (AvgIpc) is 4.11. The Bertz CT molecular complexity index is 3220. The van der Waals surface area contributed by atoms with Gasteiger partial charge in [0.15, 0.2) is 8.07 Å². The predicted octanol–water partition coefficient (Wildman–Crippen LogP) is 13.1. The number of nitrogens with zero attached hydrogens (tertiary/aromatic N) is 3. The summed E-state index contributed by atoms with van der Waals surface area (Å²) in [7, 11) is -3.16. The molecule has 1 fully saturated rings. The van der Waals surface area contributed by atoms with Crippen molar-refractivity contribution in [3.63, 3.8) is 0 Å². The Labute approximate surface area is 382 Å². The van der Waals surface area contributed by atoms with E-state index in [0.717, 1.165) is 34.1 Å². The van der Waals surface area contributed by atoms with Crippen molar-refractivity contribution in [1.82, 2.24) is 4.57 Å². The molecule has 10 aromatic rings. The number of anilines is 6. The first kappa shape index (κ1) is 38.7. The molecule has 0 aliphatic heterocycles. The zero-order valence-corrected chi connectivity index (χ0v) is 37.0. The lowest BCUT2D eigenvalue weighted by molar-refractivity contribution is 0.896. The average molecular weight is 850 g/mol. The van der Waals surface area contributed by atoms with Gasteiger partial charge in [0.25, 0.3) is 0 Å². The van der Waals surface area contributed by atoms with Gasteiger partial charge in [-0.05, 0) is 112 Å². The third-order valence-electron chi connectivity index (χ3n) is 13.5. The van der Waals surface area contributed by atoms with Gasteiger partial charge in [0.05, 0.1) is 5.52 Å². The van der Waals surface area contributed by atoms with Crippen molar-refractivity contribution in [2.75, 3.05) is 9.80 Å². The molecule has 0 amide bonds. The van der Waals surface area contributed by atoms with Crippen LogP contribution in [0.15, 0.2) is 255 Å². The summed E-state index contributed by atoms with van der Waals surface area (Å²) < 4.78 is 2.56. The van der Waals surface area contributed by atoms with Gasteiger partial charge in [-0.15, -0.1) is 0 Å². The van der Waals surface area contributed by atoms with Crippen LogP contribution in [-0.2, 0) is 0 Å². The fourth-order valence-corrected chi connectivity index (χ4v) is 15.6. The van der Waals surface area contributed by atoms with Gasteiger partial charge in [0.1, 0.15) is 0 Å². The lowest BCUT2D eigenvalue weighted by Gasteiger charge is -2.39. The summed E-state index contributed by atoms with van der Waals surface area (Å²) in [4.78, 5) is 4.90. The number of benzene rings is 9. The monoisotopic (exact) mass is 849 g/mol. The fourth-order valence-electron chi connectivity index (χ4n) is 10.6. The predicted molar refractivity (Wildman–Crippen MR) is 276 cm³/mol. The molecule has 2 atom stereocenters. The summed E-state index contributed by atoms with van der Waals surface area (Å²) in [6.45, 7) is 0. The highest BCUT2D eigenvalue weighted by Gasteiger charge is 2.45. The Kier molecular flexibility index (Phi) is 9.73. The smallest absolute Gasteiger partial charge is 0.181 e. The zero-order valence-electron chi connectivity index (χ0n) is 36.0. The molecule has 65 heavy (non-hydrogen) atoms. The van der Waals surface area contributed by atoms with E-state index < -0.39 is 8.07 Å². The minimum atomic E-state index is -3.16. The van der Waals surface area contributed by atoms with E-state index in [1.54, 1.807) is 0 Å². The normalized spacial score (nSPS) is 15.0. The number of hydrogen-bond donors (Lipinski definition) is 0. The highest BCUT2D eigenvalue weighted by atomic mass is 28.3. The summed E-state index contributed by atoms with van der Waals surface area (Å²) in [5.41, 5.74) is 12.0. The number of allylic oxidation sites excluding steroid dienone is 1. The van der Waals surface area contributed by atoms with Crippen molar-refractivity contribution < 1.29 is 0 Å². The van der Waals surface area contributed by atoms with Gasteiger partial charge < -0.3 is 14.4 Å². The molecule has 3 nitrogen and oxygen atoms in total. The van der Waals surface area contributed by atoms with Crippen molar-refractivity contribution in [3.8, 4) is 5.69 Å². The molecular formula is C61H47N3Si. The van der Waals surface area contributed by atoms with Crippen LogP contribution in [-0.4, -0.2) is 12.6 Å². The van der Waals surface area contributed by atoms with Crippen LogP contribution in [0.3, 0.4) is 0 Å². The fraction of sp³-hybridized carbons (Fsp3) is 0.0492. The number of rotatable bonds is 11. The molecule has 12 rings (SSSR count). The van der Waals surface area contributed by atoms with Crippen molar-refractivity contribution >= 4 is 79.9 Å². The van der Waals surface area contributed by atoms with Crippen molar-refractivity contribution in [1.29, 1.82) is 0 Å². The minimum Gasteiger partial charge on any atom is -0.313 e. The number of hydrogen-bond acceptors (Lipinski definition) is 2. The molecule has 310 valence electrons. The first-order chi connectivity index (χ1) is 32.3. The van der Waals surface area contributed by atoms with E-state index in [4.69, 9.17) is 0 Å². The minimum absolute atomic E-state index is 0.552. The van der Waals surface area contributed by atoms with Crippen LogP contribution in [0, 0.1) is 5.92 Å². The largest absolute Gasteiger partial charge is 0.313 e. The second-order valence-electron chi connectivity index (χ2n) is 17.3. The summed E-state index contributed by atoms with van der Waals surface area (Å²) >= 11 is 0. The molecule has 0 spiro atoms. The zero-order chi connectivity index (χ0) is 43.2. The van der Waals surface area contributed by atoms with Crippen LogP contribution in [0.25, 0.3) is 22.7 Å². The van der Waals surface area contributed by atoms with Gasteiger partial charge >= 0.3 is 0 Å². The van der Waals surface area contributed by atoms with E-state index >= 15 is 0 Å². The van der Waals surface area contributed by atoms with Crippen molar-refractivity contribution in [3.05, 3.63) is 266 Å². The molecule has 2 aliphatic carbocycles. The van der Waals surface area contributed by atoms with E-state index in [1.807, 2.05) is 0 Å². The second kappa shape index (κ2) is 16.3. The first-order valence-corrected chi connectivity index (χ1v) is 24.8. The lowest BCUT2D eigenvalue weighted by atomic mass is 10.0. The first-order valence-electron chi connectivity index (χ1n) is 22.8. The molecule has 2 aliphatic rings. The van der Waals surface area contributed by atoms with Crippen LogP contribution in [0.2, 0.25) is 0 Å². The highest BCUT2D eigenvalue weighted by Crippen LogP contribution is 2.55. The molecule has 1 aromatic heterocycles. The van der Waals surface area contributed by atoms with Gasteiger partial charge in [0, 0.05) is 62.4 Å². The SMILES string of the molecule is C1=CC2CC2c2c1c1ccc(N(c3ccccc3)c3ccccc3[Si](c3ccccc3)(c3ccccc3)c3cccc(N(c4ccccc4)c4ccccc4)c3)cc1n2-c1ccccc1. The molecule has 9 aromatic carbocycles. The van der Waals surface area contributed by atoms with Gasteiger partial charge in [-0.2, -0.15) is 0 Å². The maximum absolute atomic E-state index is 3.16. The van der Waals surface area contributed by atoms with Crippen LogP contribution in [0.1, 0.15) is 23.6 Å². The van der Waals surface area contributed by atoms with Gasteiger partial charge in [0.2, 0.25) is 0 Å². The third kappa shape index (κ3) is 6.65. The van der Waals surface area contributed by atoms with E-state index in [9.17, 15) is 0 Å². The summed E-state index contributed by atoms with van der Waals surface area (Å²) in [5, 5.41) is 6.55. The molecular weight excluding hydrogens is 803 g/mol. The maximum atomic E-state index is 2.56. The summed E-state index contributed by atoms with van der Waals surface area (Å²) in [6, 6.07) is 91.8. The highest BCUT2D eigenvalue weighted by molar-refractivity contribution is 7.20. The van der Waals surface area contributed by atoms with Crippen LogP contribution < -0.4 is 30.5 Å². The quantitative estimate of drug-likeness (QED) is 0.0949. The van der Waals surface area contributed by atoms with Gasteiger partial charge in [-0.3, -0.25) is 0 Å². The number of aromatic nitrogens is 1. The van der Waals surface area contributed by atoms with E-state index in [2.05, 4.69) is 275 Å². The Morgan fingerprint density at radius 2 is 0.908 bits per heavy atom.